The summed E-state index contributed by atoms with van der Waals surface area (Å²) in [6.45, 7) is 0. The van der Waals surface area contributed by atoms with Gasteiger partial charge in [0.25, 0.3) is 0 Å². The summed E-state index contributed by atoms with van der Waals surface area (Å²) in [5.74, 6) is 0.0909. The van der Waals surface area contributed by atoms with Gasteiger partial charge in [-0.25, -0.2) is 9.37 Å². The van der Waals surface area contributed by atoms with Gasteiger partial charge in [-0.2, -0.15) is 4.98 Å². The number of aldehydes is 1. The predicted molar refractivity (Wildman–Crippen MR) is 69.2 cm³/mol. The first-order valence-electron chi connectivity index (χ1n) is 5.44. The van der Waals surface area contributed by atoms with Gasteiger partial charge in [0.05, 0.1) is 5.52 Å². The largest absolute Gasteiger partial charge is 0.300 e. The van der Waals surface area contributed by atoms with E-state index in [1.165, 1.54) is 18.3 Å². The maximum absolute atomic E-state index is 13.4. The first-order valence-corrected chi connectivity index (χ1v) is 5.81. The molecule has 3 rings (SSSR count). The number of carbonyl (C=O) groups is 1. The monoisotopic (exact) mass is 275 g/mol. The average molecular weight is 276 g/mol. The predicted octanol–water partition coefficient (Wildman–Crippen LogP) is 3.03. The standard InChI is InChI=1S/C13H7ClFN3O/c14-13-16-4-3-12(17-13)18-6-8(7-19)10-2-1-9(15)5-11(10)18/h1-7H. The van der Waals surface area contributed by atoms with Crippen LogP contribution in [0.4, 0.5) is 4.39 Å². The third-order valence-electron chi connectivity index (χ3n) is 2.78. The van der Waals surface area contributed by atoms with Crippen molar-refractivity contribution in [2.45, 2.75) is 0 Å². The van der Waals surface area contributed by atoms with Gasteiger partial charge in [0.15, 0.2) is 6.29 Å². The molecule has 2 aromatic heterocycles. The highest BCUT2D eigenvalue weighted by Crippen LogP contribution is 2.24. The third kappa shape index (κ3) is 1.98. The fourth-order valence-electron chi connectivity index (χ4n) is 1.97. The first-order chi connectivity index (χ1) is 9.19. The number of fused-ring (bicyclic) bond motifs is 1. The van der Waals surface area contributed by atoms with Gasteiger partial charge in [0, 0.05) is 23.3 Å². The third-order valence-corrected chi connectivity index (χ3v) is 2.97. The van der Waals surface area contributed by atoms with Crippen LogP contribution in [-0.2, 0) is 0 Å². The first kappa shape index (κ1) is 11.8. The van der Waals surface area contributed by atoms with Gasteiger partial charge in [0.1, 0.15) is 11.6 Å². The molecule has 19 heavy (non-hydrogen) atoms. The van der Waals surface area contributed by atoms with Crippen LogP contribution in [-0.4, -0.2) is 20.8 Å². The van der Waals surface area contributed by atoms with E-state index in [1.54, 1.807) is 22.9 Å². The molecule has 0 aliphatic rings. The number of halogens is 2. The van der Waals surface area contributed by atoms with E-state index < -0.39 is 0 Å². The number of rotatable bonds is 2. The SMILES string of the molecule is O=Cc1cn(-c2ccnc(Cl)n2)c2cc(F)ccc12. The molecule has 0 saturated heterocycles. The Kier molecular flexibility index (Phi) is 2.76. The van der Waals surface area contributed by atoms with Gasteiger partial charge in [-0.3, -0.25) is 4.79 Å². The van der Waals surface area contributed by atoms with Crippen molar-refractivity contribution in [1.82, 2.24) is 14.5 Å². The van der Waals surface area contributed by atoms with E-state index in [0.717, 1.165) is 6.29 Å². The highest BCUT2D eigenvalue weighted by atomic mass is 35.5. The summed E-state index contributed by atoms with van der Waals surface area (Å²) in [5, 5.41) is 0.745. The lowest BCUT2D eigenvalue weighted by Gasteiger charge is -2.03. The van der Waals surface area contributed by atoms with E-state index in [9.17, 15) is 9.18 Å². The van der Waals surface area contributed by atoms with Crippen LogP contribution in [0.2, 0.25) is 5.28 Å². The molecule has 0 bridgehead atoms. The van der Waals surface area contributed by atoms with Gasteiger partial charge in [-0.1, -0.05) is 0 Å². The second-order valence-corrected chi connectivity index (χ2v) is 4.26. The molecule has 0 aliphatic heterocycles. The molecule has 0 saturated carbocycles. The Labute approximate surface area is 112 Å². The molecule has 1 aromatic carbocycles. The van der Waals surface area contributed by atoms with Crippen molar-refractivity contribution in [2.75, 3.05) is 0 Å². The summed E-state index contributed by atoms with van der Waals surface area (Å²) in [4.78, 5) is 18.9. The lowest BCUT2D eigenvalue weighted by atomic mass is 10.2. The van der Waals surface area contributed by atoms with Crippen molar-refractivity contribution in [3.8, 4) is 5.82 Å². The highest BCUT2D eigenvalue weighted by molar-refractivity contribution is 6.28. The van der Waals surface area contributed by atoms with Gasteiger partial charge in [-0.05, 0) is 35.9 Å². The molecule has 0 amide bonds. The number of hydrogen-bond acceptors (Lipinski definition) is 3. The van der Waals surface area contributed by atoms with E-state index in [4.69, 9.17) is 11.6 Å². The Balaban J connectivity index is 2.34. The zero-order valence-corrected chi connectivity index (χ0v) is 10.3. The molecule has 0 N–H and O–H groups in total. The van der Waals surface area contributed by atoms with Crippen LogP contribution in [0.15, 0.2) is 36.7 Å². The molecule has 4 nitrogen and oxygen atoms in total. The maximum Gasteiger partial charge on any atom is 0.224 e. The molecule has 94 valence electrons. The summed E-state index contributed by atoms with van der Waals surface area (Å²) in [6, 6.07) is 5.85. The quantitative estimate of drug-likeness (QED) is 0.533. The molecular formula is C13H7ClFN3O. The lowest BCUT2D eigenvalue weighted by Crippen LogP contribution is -1.97. The summed E-state index contributed by atoms with van der Waals surface area (Å²) < 4.78 is 15.0. The number of carbonyl (C=O) groups excluding carboxylic acids is 1. The number of aromatic nitrogens is 3. The maximum atomic E-state index is 13.4. The zero-order chi connectivity index (χ0) is 13.4. The Hall–Kier alpha value is -2.27. The van der Waals surface area contributed by atoms with Crippen LogP contribution < -0.4 is 0 Å². The Bertz CT molecular complexity index is 785. The molecule has 0 unspecified atom stereocenters. The normalized spacial score (nSPS) is 10.8. The van der Waals surface area contributed by atoms with Gasteiger partial charge in [-0.15, -0.1) is 0 Å². The van der Waals surface area contributed by atoms with Gasteiger partial charge >= 0.3 is 0 Å². The van der Waals surface area contributed by atoms with Crippen LogP contribution in [0.3, 0.4) is 0 Å². The van der Waals surface area contributed by atoms with E-state index in [0.29, 0.717) is 22.3 Å². The second kappa shape index (κ2) is 4.44. The van der Waals surface area contributed by atoms with Crippen LogP contribution >= 0.6 is 11.6 Å². The lowest BCUT2D eigenvalue weighted by molar-refractivity contribution is 0.112. The summed E-state index contributed by atoms with van der Waals surface area (Å²) >= 11 is 5.74. The van der Waals surface area contributed by atoms with Crippen LogP contribution in [0.5, 0.6) is 0 Å². The van der Waals surface area contributed by atoms with Crippen LogP contribution in [0.25, 0.3) is 16.7 Å². The van der Waals surface area contributed by atoms with Crippen molar-refractivity contribution >= 4 is 28.8 Å². The minimum Gasteiger partial charge on any atom is -0.300 e. The molecule has 0 fully saturated rings. The minimum absolute atomic E-state index is 0.0865. The van der Waals surface area contributed by atoms with Crippen molar-refractivity contribution in [3.63, 3.8) is 0 Å². The Morgan fingerprint density at radius 2 is 2.16 bits per heavy atom. The van der Waals surface area contributed by atoms with E-state index in [1.807, 2.05) is 0 Å². The molecule has 0 aliphatic carbocycles. The minimum atomic E-state index is -0.385. The van der Waals surface area contributed by atoms with Crippen LogP contribution in [0.1, 0.15) is 10.4 Å². The van der Waals surface area contributed by atoms with Crippen LogP contribution in [0, 0.1) is 5.82 Å². The molecule has 0 radical (unpaired) electrons. The van der Waals surface area contributed by atoms with E-state index in [-0.39, 0.29) is 11.1 Å². The van der Waals surface area contributed by atoms with E-state index in [2.05, 4.69) is 9.97 Å². The average Bonchev–Trinajstić information content (AvgIpc) is 2.76. The highest BCUT2D eigenvalue weighted by Gasteiger charge is 2.11. The van der Waals surface area contributed by atoms with Crippen molar-refractivity contribution < 1.29 is 9.18 Å². The summed E-state index contributed by atoms with van der Waals surface area (Å²) in [6.07, 6.45) is 3.81. The molecule has 6 heteroatoms. The van der Waals surface area contributed by atoms with Crippen molar-refractivity contribution in [1.29, 1.82) is 0 Å². The number of benzene rings is 1. The van der Waals surface area contributed by atoms with Gasteiger partial charge < -0.3 is 4.57 Å². The fraction of sp³-hybridized carbons (Fsp3) is 0. The molecule has 3 aromatic rings. The molecule has 2 heterocycles. The Morgan fingerprint density at radius 1 is 1.32 bits per heavy atom. The fourth-order valence-corrected chi connectivity index (χ4v) is 2.11. The number of hydrogen-bond donors (Lipinski definition) is 0. The van der Waals surface area contributed by atoms with Crippen molar-refractivity contribution in [2.24, 2.45) is 0 Å². The molecule has 0 atom stereocenters. The zero-order valence-electron chi connectivity index (χ0n) is 9.55. The van der Waals surface area contributed by atoms with Gasteiger partial charge in [0.2, 0.25) is 5.28 Å². The molecular weight excluding hydrogens is 269 g/mol. The Morgan fingerprint density at radius 3 is 2.89 bits per heavy atom. The second-order valence-electron chi connectivity index (χ2n) is 3.92. The number of nitrogens with zero attached hydrogens (tertiary/aromatic N) is 3. The van der Waals surface area contributed by atoms with E-state index >= 15 is 0 Å². The topological polar surface area (TPSA) is 47.8 Å². The summed E-state index contributed by atoms with van der Waals surface area (Å²) in [5.41, 5.74) is 1.02. The van der Waals surface area contributed by atoms with Crippen molar-refractivity contribution in [3.05, 3.63) is 53.3 Å². The molecule has 0 spiro atoms. The smallest absolute Gasteiger partial charge is 0.224 e. The summed E-state index contributed by atoms with van der Waals surface area (Å²) in [7, 11) is 0.